The first-order valence-corrected chi connectivity index (χ1v) is 9.20. The number of rotatable bonds is 4. The van der Waals surface area contributed by atoms with Gasteiger partial charge in [0.25, 0.3) is 0 Å². The maximum absolute atomic E-state index is 12.4. The van der Waals surface area contributed by atoms with Crippen LogP contribution < -0.4 is 10.1 Å². The number of fused-ring (bicyclic) bond motifs is 2. The Labute approximate surface area is 158 Å². The van der Waals surface area contributed by atoms with Gasteiger partial charge in [-0.3, -0.25) is 0 Å². The van der Waals surface area contributed by atoms with Crippen molar-refractivity contribution in [1.29, 1.82) is 0 Å². The van der Waals surface area contributed by atoms with Gasteiger partial charge in [-0.25, -0.2) is 9.78 Å². The Morgan fingerprint density at radius 3 is 2.96 bits per heavy atom. The molecule has 1 aliphatic heterocycles. The highest BCUT2D eigenvalue weighted by Crippen LogP contribution is 2.35. The van der Waals surface area contributed by atoms with Crippen LogP contribution in [0.25, 0.3) is 5.65 Å². The molecule has 0 radical (unpaired) electrons. The fourth-order valence-electron chi connectivity index (χ4n) is 3.40. The molecule has 6 heteroatoms. The molecule has 2 aromatic heterocycles. The maximum Gasteiger partial charge on any atom is 0.339 e. The number of carbonyl (C=O) groups is 1. The van der Waals surface area contributed by atoms with E-state index in [-0.39, 0.29) is 18.1 Å². The van der Waals surface area contributed by atoms with Crippen LogP contribution in [0.1, 0.15) is 47.9 Å². The van der Waals surface area contributed by atoms with E-state index in [4.69, 9.17) is 9.47 Å². The number of benzene rings is 1. The summed E-state index contributed by atoms with van der Waals surface area (Å²) >= 11 is 0. The van der Waals surface area contributed by atoms with E-state index in [0.717, 1.165) is 34.8 Å². The summed E-state index contributed by atoms with van der Waals surface area (Å²) in [5.41, 5.74) is 4.09. The molecule has 0 bridgehead atoms. The number of carbonyl (C=O) groups excluding carboxylic acids is 1. The summed E-state index contributed by atoms with van der Waals surface area (Å²) in [5.74, 6) is 0.556. The fourth-order valence-corrected chi connectivity index (χ4v) is 3.40. The third-order valence-electron chi connectivity index (χ3n) is 4.54. The lowest BCUT2D eigenvalue weighted by Gasteiger charge is -2.27. The van der Waals surface area contributed by atoms with Gasteiger partial charge in [-0.2, -0.15) is 0 Å². The van der Waals surface area contributed by atoms with Crippen molar-refractivity contribution in [2.75, 3.05) is 11.9 Å². The number of imidazole rings is 1. The lowest BCUT2D eigenvalue weighted by Crippen LogP contribution is -2.21. The zero-order chi connectivity index (χ0) is 19.0. The standard InChI is InChI=1S/C21H23N3O3/c1-13(2)27-21(25)15-10-18(20-22-14(3)11-24(20)12-15)23-17-8-9-26-19-7-5-4-6-16(17)19/h4-7,10-13,17,23H,8-9H2,1-3H3. The summed E-state index contributed by atoms with van der Waals surface area (Å²) in [5, 5.41) is 3.57. The number of nitrogens with one attached hydrogen (secondary N) is 1. The molecular formula is C21H23N3O3. The van der Waals surface area contributed by atoms with Crippen LogP contribution in [-0.4, -0.2) is 28.1 Å². The van der Waals surface area contributed by atoms with Gasteiger partial charge >= 0.3 is 5.97 Å². The normalized spacial score (nSPS) is 16.1. The van der Waals surface area contributed by atoms with Crippen LogP contribution in [0.15, 0.2) is 42.7 Å². The second-order valence-electron chi connectivity index (χ2n) is 7.08. The Balaban J connectivity index is 1.74. The van der Waals surface area contributed by atoms with Crippen molar-refractivity contribution in [3.8, 4) is 5.75 Å². The van der Waals surface area contributed by atoms with Crippen molar-refractivity contribution >= 4 is 17.3 Å². The topological polar surface area (TPSA) is 64.9 Å². The average Bonchev–Trinajstić information content (AvgIpc) is 3.02. The molecule has 0 aliphatic carbocycles. The molecule has 3 aromatic rings. The predicted octanol–water partition coefficient (Wildman–Crippen LogP) is 4.14. The zero-order valence-electron chi connectivity index (χ0n) is 15.7. The second kappa shape index (κ2) is 6.95. The molecule has 140 valence electrons. The minimum absolute atomic E-state index is 0.0899. The summed E-state index contributed by atoms with van der Waals surface area (Å²) in [6.45, 7) is 6.27. The van der Waals surface area contributed by atoms with Crippen LogP contribution in [0.4, 0.5) is 5.69 Å². The van der Waals surface area contributed by atoms with Gasteiger partial charge in [-0.15, -0.1) is 0 Å². The Bertz CT molecular complexity index is 994. The van der Waals surface area contributed by atoms with Gasteiger partial charge in [0.1, 0.15) is 5.75 Å². The number of hydrogen-bond acceptors (Lipinski definition) is 5. The van der Waals surface area contributed by atoms with Crippen LogP contribution in [0.3, 0.4) is 0 Å². The maximum atomic E-state index is 12.4. The number of nitrogens with zero attached hydrogens (tertiary/aromatic N) is 2. The van der Waals surface area contributed by atoms with E-state index in [9.17, 15) is 4.79 Å². The molecule has 1 unspecified atom stereocenters. The molecule has 0 fully saturated rings. The van der Waals surface area contributed by atoms with Crippen molar-refractivity contribution < 1.29 is 14.3 Å². The van der Waals surface area contributed by atoms with E-state index < -0.39 is 0 Å². The Morgan fingerprint density at radius 2 is 2.15 bits per heavy atom. The number of esters is 1. The molecule has 1 atom stereocenters. The van der Waals surface area contributed by atoms with Crippen LogP contribution in [-0.2, 0) is 4.74 Å². The molecule has 1 aliphatic rings. The Hall–Kier alpha value is -3.02. The van der Waals surface area contributed by atoms with E-state index in [1.54, 1.807) is 6.20 Å². The number of pyridine rings is 1. The number of ether oxygens (including phenoxy) is 2. The molecule has 4 rings (SSSR count). The van der Waals surface area contributed by atoms with E-state index >= 15 is 0 Å². The van der Waals surface area contributed by atoms with Crippen molar-refractivity contribution in [3.05, 3.63) is 59.5 Å². The molecule has 0 saturated heterocycles. The molecule has 0 amide bonds. The van der Waals surface area contributed by atoms with Crippen LogP contribution in [0.5, 0.6) is 5.75 Å². The fraction of sp³-hybridized carbons (Fsp3) is 0.333. The van der Waals surface area contributed by atoms with Crippen molar-refractivity contribution in [1.82, 2.24) is 9.38 Å². The average molecular weight is 365 g/mol. The molecule has 1 aromatic carbocycles. The monoisotopic (exact) mass is 365 g/mol. The number of anilines is 1. The lowest BCUT2D eigenvalue weighted by molar-refractivity contribution is 0.0377. The highest BCUT2D eigenvalue weighted by molar-refractivity contribution is 5.92. The van der Waals surface area contributed by atoms with Gasteiger partial charge in [-0.05, 0) is 32.9 Å². The smallest absolute Gasteiger partial charge is 0.339 e. The lowest BCUT2D eigenvalue weighted by atomic mass is 10.0. The van der Waals surface area contributed by atoms with Gasteiger partial charge in [0.05, 0.1) is 35.7 Å². The van der Waals surface area contributed by atoms with Crippen molar-refractivity contribution in [3.63, 3.8) is 0 Å². The molecule has 0 spiro atoms. The van der Waals surface area contributed by atoms with E-state index in [1.165, 1.54) is 0 Å². The zero-order valence-corrected chi connectivity index (χ0v) is 15.7. The number of para-hydroxylation sites is 1. The predicted molar refractivity (Wildman–Crippen MR) is 103 cm³/mol. The third-order valence-corrected chi connectivity index (χ3v) is 4.54. The molecule has 3 heterocycles. The van der Waals surface area contributed by atoms with Gasteiger partial charge in [-0.1, -0.05) is 18.2 Å². The number of hydrogen-bond donors (Lipinski definition) is 1. The van der Waals surface area contributed by atoms with E-state index in [2.05, 4.69) is 16.4 Å². The Kier molecular flexibility index (Phi) is 4.48. The first-order valence-electron chi connectivity index (χ1n) is 9.20. The summed E-state index contributed by atoms with van der Waals surface area (Å²) in [7, 11) is 0. The Morgan fingerprint density at radius 1 is 1.33 bits per heavy atom. The van der Waals surface area contributed by atoms with Crippen LogP contribution in [0.2, 0.25) is 0 Å². The van der Waals surface area contributed by atoms with Gasteiger partial charge < -0.3 is 19.2 Å². The first-order chi connectivity index (χ1) is 13.0. The summed E-state index contributed by atoms with van der Waals surface area (Å²) < 4.78 is 13.0. The van der Waals surface area contributed by atoms with Gasteiger partial charge in [0.15, 0.2) is 5.65 Å². The first kappa shape index (κ1) is 17.4. The highest BCUT2D eigenvalue weighted by Gasteiger charge is 2.23. The van der Waals surface area contributed by atoms with Crippen molar-refractivity contribution in [2.24, 2.45) is 0 Å². The van der Waals surface area contributed by atoms with Gasteiger partial charge in [0.2, 0.25) is 0 Å². The number of aryl methyl sites for hydroxylation is 1. The molecule has 6 nitrogen and oxygen atoms in total. The molecule has 0 saturated carbocycles. The quantitative estimate of drug-likeness (QED) is 0.704. The highest BCUT2D eigenvalue weighted by atomic mass is 16.5. The summed E-state index contributed by atoms with van der Waals surface area (Å²) in [6, 6.07) is 9.94. The summed E-state index contributed by atoms with van der Waals surface area (Å²) in [4.78, 5) is 17.1. The molecule has 27 heavy (non-hydrogen) atoms. The largest absolute Gasteiger partial charge is 0.493 e. The van der Waals surface area contributed by atoms with Crippen LogP contribution in [0, 0.1) is 6.92 Å². The minimum Gasteiger partial charge on any atom is -0.493 e. The molecular weight excluding hydrogens is 342 g/mol. The van der Waals surface area contributed by atoms with Gasteiger partial charge in [0, 0.05) is 24.4 Å². The minimum atomic E-state index is -0.339. The SMILES string of the molecule is Cc1cn2cc(C(=O)OC(C)C)cc(NC3CCOc4ccccc43)c2n1. The third kappa shape index (κ3) is 3.47. The van der Waals surface area contributed by atoms with E-state index in [0.29, 0.717) is 12.2 Å². The number of aromatic nitrogens is 2. The summed E-state index contributed by atoms with van der Waals surface area (Å²) in [6.07, 6.45) is 4.34. The van der Waals surface area contributed by atoms with Crippen molar-refractivity contribution in [2.45, 2.75) is 39.3 Å². The van der Waals surface area contributed by atoms with E-state index in [1.807, 2.05) is 55.6 Å². The second-order valence-corrected chi connectivity index (χ2v) is 7.08. The molecule has 1 N–H and O–H groups in total. The van der Waals surface area contributed by atoms with Crippen LogP contribution >= 0.6 is 0 Å².